The lowest BCUT2D eigenvalue weighted by molar-refractivity contribution is 0.0820. The standard InChI is InChI=1S/C50H72O4S4/c1-3-5-7-9-11-13-15-17-19-21-23-25-27-29-35-53-45-33-31-41(55-45)43-37-39-40-38-44(58-50(40)48(52)47(51)49(39)57-43)42-32-34-46(56-42)54-36-30-28-26-24-22-20-18-16-14-12-10-8-6-4-2/h31-34,37-38H,3-30,35-36H2,1-2H3. The Labute approximate surface area is 367 Å². The SMILES string of the molecule is CCCCCCCCCCCCCCCCOc1ccc(-c2cc3c(s2)C(=O)C(=O)c2sc(-c4ccc(OCCCCCCCCCCCCCCCC)s4)cc2-3)s1. The summed E-state index contributed by atoms with van der Waals surface area (Å²) >= 11 is 6.11. The van der Waals surface area contributed by atoms with E-state index < -0.39 is 0 Å². The lowest BCUT2D eigenvalue weighted by Gasteiger charge is -2.08. The Morgan fingerprint density at radius 3 is 0.966 bits per heavy atom. The zero-order chi connectivity index (χ0) is 40.6. The minimum absolute atomic E-state index is 0.388. The van der Waals surface area contributed by atoms with Gasteiger partial charge in [-0.15, -0.1) is 22.7 Å². The topological polar surface area (TPSA) is 52.6 Å². The summed E-state index contributed by atoms with van der Waals surface area (Å²) in [4.78, 5) is 31.9. The Morgan fingerprint density at radius 1 is 0.362 bits per heavy atom. The van der Waals surface area contributed by atoms with E-state index in [1.54, 1.807) is 22.7 Å². The van der Waals surface area contributed by atoms with E-state index in [9.17, 15) is 9.59 Å². The number of ketones is 2. The van der Waals surface area contributed by atoms with Crippen molar-refractivity contribution in [1.29, 1.82) is 0 Å². The number of thiophene rings is 4. The minimum Gasteiger partial charge on any atom is -0.484 e. The van der Waals surface area contributed by atoms with Gasteiger partial charge in [0.05, 0.1) is 23.0 Å². The van der Waals surface area contributed by atoms with E-state index >= 15 is 0 Å². The van der Waals surface area contributed by atoms with Gasteiger partial charge in [0.25, 0.3) is 0 Å². The van der Waals surface area contributed by atoms with E-state index in [-0.39, 0.29) is 11.6 Å². The second-order valence-electron chi connectivity index (χ2n) is 16.5. The van der Waals surface area contributed by atoms with Gasteiger partial charge in [-0.3, -0.25) is 9.59 Å². The van der Waals surface area contributed by atoms with E-state index in [0.29, 0.717) is 9.75 Å². The minimum atomic E-state index is -0.388. The Hall–Kier alpha value is -2.26. The van der Waals surface area contributed by atoms with Crippen molar-refractivity contribution < 1.29 is 19.1 Å². The van der Waals surface area contributed by atoms with Crippen LogP contribution in [0.15, 0.2) is 36.4 Å². The average molecular weight is 865 g/mol. The molecule has 0 spiro atoms. The summed E-state index contributed by atoms with van der Waals surface area (Å²) in [7, 11) is 0. The molecule has 4 heterocycles. The van der Waals surface area contributed by atoms with Crippen LogP contribution in [0.4, 0.5) is 0 Å². The number of fused-ring (bicyclic) bond motifs is 3. The molecule has 5 rings (SSSR count). The van der Waals surface area contributed by atoms with Gasteiger partial charge in [0.2, 0.25) is 11.6 Å². The molecule has 4 aromatic rings. The molecule has 0 saturated heterocycles. The van der Waals surface area contributed by atoms with E-state index in [1.807, 2.05) is 12.1 Å². The molecule has 1 aliphatic rings. The lowest BCUT2D eigenvalue weighted by atomic mass is 9.95. The fraction of sp³-hybridized carbons (Fsp3) is 0.640. The lowest BCUT2D eigenvalue weighted by Crippen LogP contribution is -2.17. The van der Waals surface area contributed by atoms with Crippen molar-refractivity contribution in [3.8, 4) is 40.8 Å². The van der Waals surface area contributed by atoms with Gasteiger partial charge < -0.3 is 9.47 Å². The molecular weight excluding hydrogens is 793 g/mol. The summed E-state index contributed by atoms with van der Waals surface area (Å²) in [5.74, 6) is -0.775. The second-order valence-corrected chi connectivity index (χ2v) is 20.7. The zero-order valence-electron chi connectivity index (χ0n) is 35.9. The predicted molar refractivity (Wildman–Crippen MR) is 255 cm³/mol. The average Bonchev–Trinajstić information content (AvgIpc) is 4.06. The Bertz CT molecular complexity index is 1610. The number of hydrogen-bond donors (Lipinski definition) is 0. The molecule has 8 heteroatoms. The number of unbranched alkanes of at least 4 members (excludes halogenated alkanes) is 26. The molecule has 0 bridgehead atoms. The van der Waals surface area contributed by atoms with Crippen molar-refractivity contribution in [2.75, 3.05) is 13.2 Å². The first kappa shape index (κ1) is 46.8. The van der Waals surface area contributed by atoms with E-state index in [2.05, 4.69) is 38.1 Å². The van der Waals surface area contributed by atoms with Crippen LogP contribution in [-0.4, -0.2) is 24.8 Å². The van der Waals surface area contributed by atoms with Crippen LogP contribution in [-0.2, 0) is 0 Å². The van der Waals surface area contributed by atoms with E-state index in [4.69, 9.17) is 9.47 Å². The molecular formula is C50H72O4S4. The number of Topliss-reactive ketones (excluding diaryl/α,β-unsaturated/α-hetero) is 2. The molecule has 4 nitrogen and oxygen atoms in total. The molecule has 0 saturated carbocycles. The fourth-order valence-corrected chi connectivity index (χ4v) is 12.1. The van der Waals surface area contributed by atoms with Crippen LogP contribution in [0.3, 0.4) is 0 Å². The maximum absolute atomic E-state index is 13.3. The summed E-state index contributed by atoms with van der Waals surface area (Å²) in [6.07, 6.45) is 37.8. The highest BCUT2D eigenvalue weighted by Crippen LogP contribution is 2.49. The first-order valence-corrected chi connectivity index (χ1v) is 26.7. The maximum Gasteiger partial charge on any atom is 0.244 e. The Balaban J connectivity index is 0.979. The molecule has 0 unspecified atom stereocenters. The van der Waals surface area contributed by atoms with E-state index in [1.165, 1.54) is 190 Å². The molecule has 58 heavy (non-hydrogen) atoms. The summed E-state index contributed by atoms with van der Waals surface area (Å²) in [5.41, 5.74) is 1.76. The quantitative estimate of drug-likeness (QED) is 0.0347. The Morgan fingerprint density at radius 2 is 0.655 bits per heavy atom. The number of ether oxygens (including phenoxy) is 2. The van der Waals surface area contributed by atoms with Gasteiger partial charge in [0.15, 0.2) is 10.1 Å². The van der Waals surface area contributed by atoms with Gasteiger partial charge in [-0.1, -0.05) is 203 Å². The summed E-state index contributed by atoms with van der Waals surface area (Å²) < 4.78 is 12.3. The smallest absolute Gasteiger partial charge is 0.244 e. The van der Waals surface area contributed by atoms with Crippen LogP contribution in [0.1, 0.15) is 213 Å². The normalized spacial score (nSPS) is 12.4. The summed E-state index contributed by atoms with van der Waals surface area (Å²) in [6, 6.07) is 12.4. The van der Waals surface area contributed by atoms with Crippen molar-refractivity contribution in [2.45, 2.75) is 194 Å². The molecule has 0 atom stereocenters. The number of rotatable bonds is 34. The van der Waals surface area contributed by atoms with Crippen molar-refractivity contribution in [3.63, 3.8) is 0 Å². The van der Waals surface area contributed by atoms with Crippen molar-refractivity contribution >= 4 is 56.9 Å². The largest absolute Gasteiger partial charge is 0.484 e. The van der Waals surface area contributed by atoms with Gasteiger partial charge >= 0.3 is 0 Å². The molecule has 0 radical (unpaired) electrons. The van der Waals surface area contributed by atoms with E-state index in [0.717, 1.165) is 66.8 Å². The Kier molecular flexibility index (Phi) is 22.2. The maximum atomic E-state index is 13.3. The monoisotopic (exact) mass is 864 g/mol. The van der Waals surface area contributed by atoms with Crippen LogP contribution < -0.4 is 9.47 Å². The van der Waals surface area contributed by atoms with Gasteiger partial charge in [-0.2, -0.15) is 0 Å². The third kappa shape index (κ3) is 15.6. The van der Waals surface area contributed by atoms with Crippen LogP contribution in [0.2, 0.25) is 0 Å². The molecule has 0 aromatic carbocycles. The number of hydrogen-bond acceptors (Lipinski definition) is 8. The van der Waals surface area contributed by atoms with Crippen molar-refractivity contribution in [3.05, 3.63) is 46.2 Å². The molecule has 0 aliphatic heterocycles. The third-order valence-electron chi connectivity index (χ3n) is 11.5. The highest BCUT2D eigenvalue weighted by Gasteiger charge is 2.35. The molecule has 320 valence electrons. The molecule has 4 aromatic heterocycles. The molecule has 0 fully saturated rings. The highest BCUT2D eigenvalue weighted by molar-refractivity contribution is 7.26. The molecule has 0 N–H and O–H groups in total. The second kappa shape index (κ2) is 27.6. The van der Waals surface area contributed by atoms with Crippen LogP contribution in [0.5, 0.6) is 10.1 Å². The fourth-order valence-electron chi connectivity index (χ4n) is 7.97. The van der Waals surface area contributed by atoms with Crippen molar-refractivity contribution in [2.24, 2.45) is 0 Å². The summed E-state index contributed by atoms with van der Waals surface area (Å²) in [6.45, 7) is 6.04. The third-order valence-corrected chi connectivity index (χ3v) is 16.2. The van der Waals surface area contributed by atoms with Crippen LogP contribution in [0, 0.1) is 0 Å². The first-order valence-electron chi connectivity index (χ1n) is 23.4. The van der Waals surface area contributed by atoms with Crippen LogP contribution >= 0.6 is 45.3 Å². The highest BCUT2D eigenvalue weighted by atomic mass is 32.1. The first-order chi connectivity index (χ1) is 28.6. The van der Waals surface area contributed by atoms with Gasteiger partial charge in [0, 0.05) is 30.6 Å². The van der Waals surface area contributed by atoms with Crippen molar-refractivity contribution in [1.82, 2.24) is 0 Å². The number of carbonyl (C=O) groups excluding carboxylic acids is 2. The molecule has 0 amide bonds. The van der Waals surface area contributed by atoms with Gasteiger partial charge in [0.1, 0.15) is 0 Å². The number of carbonyl (C=O) groups is 2. The van der Waals surface area contributed by atoms with Gasteiger partial charge in [-0.05, 0) is 49.2 Å². The predicted octanol–water partition coefficient (Wildman–Crippen LogP) is 18.0. The van der Waals surface area contributed by atoms with Crippen LogP contribution in [0.25, 0.3) is 30.6 Å². The summed E-state index contributed by atoms with van der Waals surface area (Å²) in [5, 5.41) is 1.83. The molecule has 1 aliphatic carbocycles. The zero-order valence-corrected chi connectivity index (χ0v) is 39.2. The van der Waals surface area contributed by atoms with Gasteiger partial charge in [-0.25, -0.2) is 0 Å².